The van der Waals surface area contributed by atoms with E-state index in [1.165, 1.54) is 5.69 Å². The van der Waals surface area contributed by atoms with Crippen LogP contribution in [-0.2, 0) is 6.42 Å². The van der Waals surface area contributed by atoms with Crippen molar-refractivity contribution < 1.29 is 9.84 Å². The van der Waals surface area contributed by atoms with Crippen molar-refractivity contribution in [2.45, 2.75) is 12.5 Å². The number of β-amino-alcohol motifs (C(OH)–C–C–N with tert-alkyl or cyclic N) is 1. The Morgan fingerprint density at radius 2 is 1.67 bits per heavy atom. The zero-order chi connectivity index (χ0) is 18.2. The summed E-state index contributed by atoms with van der Waals surface area (Å²) in [6.07, 6.45) is 2.15. The highest BCUT2D eigenvalue weighted by atomic mass is 35.5. The summed E-state index contributed by atoms with van der Waals surface area (Å²) in [5.74, 6) is 0.834. The molecule has 0 radical (unpaired) electrons. The highest BCUT2D eigenvalue weighted by molar-refractivity contribution is 5.85. The van der Waals surface area contributed by atoms with E-state index in [0.717, 1.165) is 43.9 Å². The van der Waals surface area contributed by atoms with Gasteiger partial charge in [-0.25, -0.2) is 0 Å². The summed E-state index contributed by atoms with van der Waals surface area (Å²) in [6, 6.07) is 18.4. The number of aliphatic hydroxyl groups is 1. The Bertz CT molecular complexity index is 688. The summed E-state index contributed by atoms with van der Waals surface area (Å²) in [5, 5.41) is 10.4. The standard InChI is InChI=1S/C22H28N2O2.ClH/c1-2-8-19-9-6-7-12-22(19)26-18-21(25)17-23-13-15-24(16-14-23)20-10-4-3-5-11-20;/h2-7,9-12,21,25H,1,8,13-18H2;1H. The van der Waals surface area contributed by atoms with Gasteiger partial charge in [-0.15, -0.1) is 19.0 Å². The van der Waals surface area contributed by atoms with Crippen LogP contribution in [0.2, 0.25) is 0 Å². The van der Waals surface area contributed by atoms with Crippen LogP contribution in [-0.4, -0.2) is 55.4 Å². The van der Waals surface area contributed by atoms with E-state index in [2.05, 4.69) is 40.6 Å². The lowest BCUT2D eigenvalue weighted by atomic mass is 10.1. The summed E-state index contributed by atoms with van der Waals surface area (Å²) in [7, 11) is 0. The van der Waals surface area contributed by atoms with Crippen LogP contribution in [0.5, 0.6) is 5.75 Å². The summed E-state index contributed by atoms with van der Waals surface area (Å²) in [6.45, 7) is 8.63. The van der Waals surface area contributed by atoms with Crippen molar-refractivity contribution in [1.29, 1.82) is 0 Å². The van der Waals surface area contributed by atoms with Crippen LogP contribution >= 0.6 is 12.4 Å². The van der Waals surface area contributed by atoms with Gasteiger partial charge in [0.25, 0.3) is 0 Å². The molecule has 0 saturated carbocycles. The highest BCUT2D eigenvalue weighted by Gasteiger charge is 2.19. The molecule has 0 amide bonds. The largest absolute Gasteiger partial charge is 0.491 e. The first-order chi connectivity index (χ1) is 12.8. The minimum absolute atomic E-state index is 0. The first-order valence-electron chi connectivity index (χ1n) is 9.28. The molecule has 0 aliphatic carbocycles. The summed E-state index contributed by atoms with van der Waals surface area (Å²) in [4.78, 5) is 4.70. The van der Waals surface area contributed by atoms with Gasteiger partial charge in [0.1, 0.15) is 18.5 Å². The van der Waals surface area contributed by atoms with Crippen LogP contribution < -0.4 is 9.64 Å². The first kappa shape index (κ1) is 21.3. The van der Waals surface area contributed by atoms with Crippen molar-refractivity contribution in [3.8, 4) is 5.75 Å². The van der Waals surface area contributed by atoms with Crippen LogP contribution in [0.25, 0.3) is 0 Å². The van der Waals surface area contributed by atoms with E-state index in [1.807, 2.05) is 36.4 Å². The average molecular weight is 389 g/mol. The van der Waals surface area contributed by atoms with Gasteiger partial charge in [0, 0.05) is 38.4 Å². The maximum atomic E-state index is 10.4. The Kier molecular flexibility index (Phi) is 8.65. The summed E-state index contributed by atoms with van der Waals surface area (Å²) < 4.78 is 5.85. The molecule has 2 aromatic rings. The minimum Gasteiger partial charge on any atom is -0.491 e. The summed E-state index contributed by atoms with van der Waals surface area (Å²) >= 11 is 0. The van der Waals surface area contributed by atoms with E-state index < -0.39 is 6.10 Å². The lowest BCUT2D eigenvalue weighted by Gasteiger charge is -2.36. The number of benzene rings is 2. The van der Waals surface area contributed by atoms with Gasteiger partial charge in [-0.05, 0) is 30.2 Å². The lowest BCUT2D eigenvalue weighted by molar-refractivity contribution is 0.0660. The van der Waals surface area contributed by atoms with E-state index in [0.29, 0.717) is 13.2 Å². The highest BCUT2D eigenvalue weighted by Crippen LogP contribution is 2.19. The molecule has 1 aliphatic rings. The molecule has 1 N–H and O–H groups in total. The second-order valence-corrected chi connectivity index (χ2v) is 6.69. The molecule has 4 nitrogen and oxygen atoms in total. The van der Waals surface area contributed by atoms with Crippen molar-refractivity contribution in [2.75, 3.05) is 44.2 Å². The number of hydrogen-bond donors (Lipinski definition) is 1. The van der Waals surface area contributed by atoms with Crippen LogP contribution in [0.15, 0.2) is 67.3 Å². The van der Waals surface area contributed by atoms with E-state index in [1.54, 1.807) is 0 Å². The number of hydrogen-bond acceptors (Lipinski definition) is 4. The molecule has 1 atom stereocenters. The number of rotatable bonds is 8. The molecule has 27 heavy (non-hydrogen) atoms. The number of allylic oxidation sites excluding steroid dienone is 1. The Labute approximate surface area is 168 Å². The third-order valence-electron chi connectivity index (χ3n) is 4.73. The van der Waals surface area contributed by atoms with Crippen molar-refractivity contribution >= 4 is 18.1 Å². The third-order valence-corrected chi connectivity index (χ3v) is 4.73. The monoisotopic (exact) mass is 388 g/mol. The van der Waals surface area contributed by atoms with Crippen LogP contribution in [0, 0.1) is 0 Å². The summed E-state index contributed by atoms with van der Waals surface area (Å²) in [5.41, 5.74) is 2.38. The SMILES string of the molecule is C=CCc1ccccc1OCC(O)CN1CCN(c2ccccc2)CC1.Cl. The normalized spacial score (nSPS) is 15.7. The molecule has 0 aromatic heterocycles. The average Bonchev–Trinajstić information content (AvgIpc) is 2.69. The molecule has 0 spiro atoms. The maximum Gasteiger partial charge on any atom is 0.122 e. The Hall–Kier alpha value is -2.01. The molecule has 1 heterocycles. The van der Waals surface area contributed by atoms with Crippen molar-refractivity contribution in [3.05, 3.63) is 72.8 Å². The van der Waals surface area contributed by atoms with Gasteiger partial charge in [-0.1, -0.05) is 42.5 Å². The van der Waals surface area contributed by atoms with Crippen LogP contribution in [0.3, 0.4) is 0 Å². The Morgan fingerprint density at radius 1 is 1.00 bits per heavy atom. The molecule has 1 fully saturated rings. The van der Waals surface area contributed by atoms with Gasteiger partial charge >= 0.3 is 0 Å². The number of anilines is 1. The van der Waals surface area contributed by atoms with E-state index >= 15 is 0 Å². The quantitative estimate of drug-likeness (QED) is 0.703. The molecule has 3 rings (SSSR count). The van der Waals surface area contributed by atoms with E-state index in [-0.39, 0.29) is 12.4 Å². The smallest absolute Gasteiger partial charge is 0.122 e. The number of nitrogens with zero attached hydrogens (tertiary/aromatic N) is 2. The predicted octanol–water partition coefficient (Wildman–Crippen LogP) is 3.40. The number of aliphatic hydroxyl groups excluding tert-OH is 1. The van der Waals surface area contributed by atoms with Crippen molar-refractivity contribution in [2.24, 2.45) is 0 Å². The Morgan fingerprint density at radius 3 is 2.37 bits per heavy atom. The van der Waals surface area contributed by atoms with Gasteiger partial charge in [0.15, 0.2) is 0 Å². The molecular formula is C22H29ClN2O2. The molecule has 1 aliphatic heterocycles. The zero-order valence-corrected chi connectivity index (χ0v) is 16.5. The topological polar surface area (TPSA) is 35.9 Å². The second-order valence-electron chi connectivity index (χ2n) is 6.69. The van der Waals surface area contributed by atoms with Gasteiger partial charge < -0.3 is 14.7 Å². The minimum atomic E-state index is -0.491. The van der Waals surface area contributed by atoms with Gasteiger partial charge in [0.2, 0.25) is 0 Å². The van der Waals surface area contributed by atoms with Crippen molar-refractivity contribution in [1.82, 2.24) is 4.90 Å². The molecule has 5 heteroatoms. The number of halogens is 1. The number of ether oxygens (including phenoxy) is 1. The fourth-order valence-electron chi connectivity index (χ4n) is 3.33. The maximum absolute atomic E-state index is 10.4. The number of para-hydroxylation sites is 2. The van der Waals surface area contributed by atoms with Gasteiger partial charge in [0.05, 0.1) is 0 Å². The predicted molar refractivity (Wildman–Crippen MR) is 114 cm³/mol. The Balaban J connectivity index is 0.00000261. The molecule has 2 aromatic carbocycles. The third kappa shape index (κ3) is 6.28. The van der Waals surface area contributed by atoms with Crippen LogP contribution in [0.1, 0.15) is 5.56 Å². The molecule has 1 unspecified atom stereocenters. The molecule has 1 saturated heterocycles. The fourth-order valence-corrected chi connectivity index (χ4v) is 3.33. The van der Waals surface area contributed by atoms with Crippen LogP contribution in [0.4, 0.5) is 5.69 Å². The lowest BCUT2D eigenvalue weighted by Crippen LogP contribution is -2.49. The van der Waals surface area contributed by atoms with Gasteiger partial charge in [-0.2, -0.15) is 0 Å². The fraction of sp³-hybridized carbons (Fsp3) is 0.364. The molecule has 0 bridgehead atoms. The zero-order valence-electron chi connectivity index (χ0n) is 15.7. The molecular weight excluding hydrogens is 360 g/mol. The molecule has 146 valence electrons. The van der Waals surface area contributed by atoms with E-state index in [9.17, 15) is 5.11 Å². The second kappa shape index (κ2) is 11.0. The van der Waals surface area contributed by atoms with Crippen molar-refractivity contribution in [3.63, 3.8) is 0 Å². The number of piperazine rings is 1. The van der Waals surface area contributed by atoms with Gasteiger partial charge in [-0.3, -0.25) is 4.90 Å². The van der Waals surface area contributed by atoms with E-state index in [4.69, 9.17) is 4.74 Å². The first-order valence-corrected chi connectivity index (χ1v) is 9.28.